The van der Waals surface area contributed by atoms with Crippen LogP contribution in [0.5, 0.6) is 0 Å². The minimum Gasteiger partial charge on any atom is -0.294 e. The molecule has 0 spiro atoms. The van der Waals surface area contributed by atoms with Crippen LogP contribution in [0.3, 0.4) is 0 Å². The van der Waals surface area contributed by atoms with Gasteiger partial charge in [0, 0.05) is 23.6 Å². The number of hydrogen-bond donors (Lipinski definition) is 0. The third kappa shape index (κ3) is 3.16. The third-order valence-electron chi connectivity index (χ3n) is 3.65. The summed E-state index contributed by atoms with van der Waals surface area (Å²) in [4.78, 5) is 16.6. The number of pyridine rings is 1. The first-order valence-electron chi connectivity index (χ1n) is 7.16. The Bertz CT molecular complexity index is 792. The van der Waals surface area contributed by atoms with E-state index in [0.717, 1.165) is 22.9 Å². The predicted octanol–water partition coefficient (Wildman–Crippen LogP) is 4.36. The van der Waals surface area contributed by atoms with E-state index in [0.29, 0.717) is 6.42 Å². The van der Waals surface area contributed by atoms with E-state index in [1.54, 1.807) is 6.20 Å². The van der Waals surface area contributed by atoms with Gasteiger partial charge in [-0.15, -0.1) is 0 Å². The van der Waals surface area contributed by atoms with Gasteiger partial charge in [0.2, 0.25) is 0 Å². The predicted molar refractivity (Wildman–Crippen MR) is 85.6 cm³/mol. The second-order valence-electron chi connectivity index (χ2n) is 5.32. The molecule has 3 rings (SSSR count). The maximum Gasteiger partial charge on any atom is 0.163 e. The van der Waals surface area contributed by atoms with Gasteiger partial charge in [-0.25, -0.2) is 0 Å². The lowest BCUT2D eigenvalue weighted by atomic mass is 10.0. The number of Topliss-reactive ketones (excluding diaryl/α,β-unsaturated/α-hetero) is 1. The monoisotopic (exact) mass is 275 g/mol. The molecule has 21 heavy (non-hydrogen) atoms. The second kappa shape index (κ2) is 5.88. The molecule has 0 aliphatic heterocycles. The molecule has 104 valence electrons. The van der Waals surface area contributed by atoms with E-state index < -0.39 is 0 Å². The Balaban J connectivity index is 1.74. The van der Waals surface area contributed by atoms with E-state index in [1.807, 2.05) is 36.4 Å². The zero-order chi connectivity index (χ0) is 14.7. The molecule has 3 aromatic rings. The van der Waals surface area contributed by atoms with Crippen LogP contribution in [0.15, 0.2) is 60.8 Å². The second-order valence-corrected chi connectivity index (χ2v) is 5.32. The molecule has 1 heterocycles. The van der Waals surface area contributed by atoms with Crippen molar-refractivity contribution >= 4 is 16.7 Å². The molecule has 0 bridgehead atoms. The molecule has 0 aliphatic rings. The van der Waals surface area contributed by atoms with Gasteiger partial charge < -0.3 is 0 Å². The fourth-order valence-corrected chi connectivity index (χ4v) is 2.51. The van der Waals surface area contributed by atoms with Crippen LogP contribution in [0.2, 0.25) is 0 Å². The third-order valence-corrected chi connectivity index (χ3v) is 3.65. The molecule has 2 aromatic carbocycles. The summed E-state index contributed by atoms with van der Waals surface area (Å²) in [5.74, 6) is 0.170. The molecule has 0 saturated carbocycles. The summed E-state index contributed by atoms with van der Waals surface area (Å²) in [6, 6.07) is 18.0. The fourth-order valence-electron chi connectivity index (χ4n) is 2.51. The molecule has 2 heteroatoms. The molecule has 0 unspecified atom stereocenters. The average molecular weight is 275 g/mol. The van der Waals surface area contributed by atoms with Gasteiger partial charge in [-0.2, -0.15) is 0 Å². The number of benzene rings is 2. The Morgan fingerprint density at radius 1 is 1.05 bits per heavy atom. The van der Waals surface area contributed by atoms with Gasteiger partial charge in [0.15, 0.2) is 5.78 Å². The molecule has 0 N–H and O–H groups in total. The molecular formula is C19H17NO. The number of fused-ring (bicyclic) bond motifs is 1. The molecule has 0 aliphatic carbocycles. The largest absolute Gasteiger partial charge is 0.294 e. The van der Waals surface area contributed by atoms with Crippen molar-refractivity contribution in [1.29, 1.82) is 0 Å². The van der Waals surface area contributed by atoms with E-state index in [9.17, 15) is 4.79 Å². The van der Waals surface area contributed by atoms with Crippen LogP contribution in [0.1, 0.15) is 27.9 Å². The van der Waals surface area contributed by atoms with Crippen molar-refractivity contribution in [1.82, 2.24) is 4.98 Å². The van der Waals surface area contributed by atoms with Crippen LogP contribution in [0, 0.1) is 6.92 Å². The van der Waals surface area contributed by atoms with E-state index in [1.165, 1.54) is 11.1 Å². The van der Waals surface area contributed by atoms with E-state index in [4.69, 9.17) is 0 Å². The lowest BCUT2D eigenvalue weighted by molar-refractivity contribution is 0.0983. The molecule has 0 saturated heterocycles. The number of ketones is 1. The topological polar surface area (TPSA) is 30.0 Å². The quantitative estimate of drug-likeness (QED) is 0.662. The van der Waals surface area contributed by atoms with Crippen LogP contribution < -0.4 is 0 Å². The number of carbonyl (C=O) groups excluding carboxylic acids is 1. The van der Waals surface area contributed by atoms with Crippen LogP contribution in [-0.2, 0) is 6.42 Å². The van der Waals surface area contributed by atoms with Gasteiger partial charge in [-0.1, -0.05) is 48.0 Å². The van der Waals surface area contributed by atoms with Gasteiger partial charge >= 0.3 is 0 Å². The van der Waals surface area contributed by atoms with Crippen LogP contribution >= 0.6 is 0 Å². The van der Waals surface area contributed by atoms with Crippen molar-refractivity contribution in [3.8, 4) is 0 Å². The highest BCUT2D eigenvalue weighted by molar-refractivity contribution is 5.99. The number of carbonyl (C=O) groups is 1. The smallest absolute Gasteiger partial charge is 0.163 e. The average Bonchev–Trinajstić information content (AvgIpc) is 2.52. The normalized spacial score (nSPS) is 10.7. The summed E-state index contributed by atoms with van der Waals surface area (Å²) in [6.07, 6.45) is 3.06. The fraction of sp³-hybridized carbons (Fsp3) is 0.158. The molecular weight excluding hydrogens is 258 g/mol. The number of aryl methyl sites for hydroxylation is 2. The maximum absolute atomic E-state index is 12.3. The highest BCUT2D eigenvalue weighted by Gasteiger charge is 2.07. The van der Waals surface area contributed by atoms with Crippen molar-refractivity contribution in [3.05, 3.63) is 77.5 Å². The van der Waals surface area contributed by atoms with Crippen molar-refractivity contribution in [2.24, 2.45) is 0 Å². The number of nitrogens with zero attached hydrogens (tertiary/aromatic N) is 1. The molecule has 0 radical (unpaired) electrons. The summed E-state index contributed by atoms with van der Waals surface area (Å²) >= 11 is 0. The maximum atomic E-state index is 12.3. The summed E-state index contributed by atoms with van der Waals surface area (Å²) in [5.41, 5.74) is 4.06. The van der Waals surface area contributed by atoms with Crippen molar-refractivity contribution in [2.75, 3.05) is 0 Å². The van der Waals surface area contributed by atoms with Crippen LogP contribution in [0.4, 0.5) is 0 Å². The molecule has 1 aromatic heterocycles. The Morgan fingerprint density at radius 3 is 2.81 bits per heavy atom. The highest BCUT2D eigenvalue weighted by atomic mass is 16.1. The van der Waals surface area contributed by atoms with Crippen molar-refractivity contribution in [2.45, 2.75) is 19.8 Å². The van der Waals surface area contributed by atoms with E-state index >= 15 is 0 Å². The van der Waals surface area contributed by atoms with E-state index in [2.05, 4.69) is 30.1 Å². The van der Waals surface area contributed by atoms with Crippen LogP contribution in [0.25, 0.3) is 10.9 Å². The Hall–Kier alpha value is -2.48. The Labute approximate surface area is 124 Å². The zero-order valence-electron chi connectivity index (χ0n) is 12.0. The van der Waals surface area contributed by atoms with Gasteiger partial charge in [0.25, 0.3) is 0 Å². The van der Waals surface area contributed by atoms with E-state index in [-0.39, 0.29) is 5.78 Å². The minimum absolute atomic E-state index is 0.170. The molecule has 0 atom stereocenters. The lowest BCUT2D eigenvalue weighted by Gasteiger charge is -2.04. The van der Waals surface area contributed by atoms with Gasteiger partial charge in [0.1, 0.15) is 0 Å². The summed E-state index contributed by atoms with van der Waals surface area (Å²) in [7, 11) is 0. The number of hydrogen-bond acceptors (Lipinski definition) is 2. The molecule has 0 amide bonds. The summed E-state index contributed by atoms with van der Waals surface area (Å²) in [5, 5.41) is 1.06. The van der Waals surface area contributed by atoms with Gasteiger partial charge in [-0.05, 0) is 31.0 Å². The molecule has 0 fully saturated rings. The number of rotatable bonds is 4. The Kier molecular flexibility index (Phi) is 3.78. The minimum atomic E-state index is 0.170. The first-order valence-corrected chi connectivity index (χ1v) is 7.16. The first kappa shape index (κ1) is 13.5. The lowest BCUT2D eigenvalue weighted by Crippen LogP contribution is -2.01. The molecule has 2 nitrogen and oxygen atoms in total. The highest BCUT2D eigenvalue weighted by Crippen LogP contribution is 2.16. The number of aromatic nitrogens is 1. The Morgan fingerprint density at radius 2 is 1.95 bits per heavy atom. The zero-order valence-corrected chi connectivity index (χ0v) is 12.0. The summed E-state index contributed by atoms with van der Waals surface area (Å²) < 4.78 is 0. The van der Waals surface area contributed by atoms with Gasteiger partial charge in [-0.3, -0.25) is 9.78 Å². The van der Waals surface area contributed by atoms with Crippen LogP contribution in [-0.4, -0.2) is 10.8 Å². The van der Waals surface area contributed by atoms with Crippen molar-refractivity contribution in [3.63, 3.8) is 0 Å². The summed E-state index contributed by atoms with van der Waals surface area (Å²) in [6.45, 7) is 2.07. The first-order chi connectivity index (χ1) is 10.2. The standard InChI is InChI=1S/C19H17NO/c1-14-4-2-5-15(12-14)7-10-19(21)17-9-8-16-6-3-11-20-18(16)13-17/h2-6,8-9,11-13H,7,10H2,1H3. The SMILES string of the molecule is Cc1cccc(CCC(=O)c2ccc3cccnc3c2)c1. The van der Waals surface area contributed by atoms with Crippen molar-refractivity contribution < 1.29 is 4.79 Å². The van der Waals surface area contributed by atoms with Gasteiger partial charge in [0.05, 0.1) is 5.52 Å².